The second-order valence-electron chi connectivity index (χ2n) is 2.86. The largest absolute Gasteiger partial charge is 0.441 e. The van der Waals surface area contributed by atoms with Gasteiger partial charge in [-0.05, 0) is 0 Å². The molecule has 0 aliphatic rings. The number of rotatable bonds is 4. The number of hydrogen-bond acceptors (Lipinski definition) is 3. The maximum absolute atomic E-state index is 10.8. The normalized spacial score (nSPS) is 12.5. The van der Waals surface area contributed by atoms with Crippen molar-refractivity contribution in [2.24, 2.45) is 0 Å². The first-order valence-electron chi connectivity index (χ1n) is 4.38. The number of nitrogens with zero attached hydrogens (tertiary/aromatic N) is 2. The molecule has 1 atom stereocenters. The average molecular weight is 182 g/mol. The Kier molecular flexibility index (Phi) is 3.49. The maximum atomic E-state index is 10.8. The lowest BCUT2D eigenvalue weighted by atomic mass is 10.3. The first kappa shape index (κ1) is 9.77. The summed E-state index contributed by atoms with van der Waals surface area (Å²) in [4.78, 5) is 14.7. The molecule has 0 fully saturated rings. The van der Waals surface area contributed by atoms with Gasteiger partial charge >= 0.3 is 5.97 Å². The smallest absolute Gasteiger partial charge is 0.304 e. The number of esters is 1. The lowest BCUT2D eigenvalue weighted by molar-refractivity contribution is -0.151. The molecule has 1 rings (SSSR count). The molecule has 1 aromatic heterocycles. The van der Waals surface area contributed by atoms with E-state index >= 15 is 0 Å². The van der Waals surface area contributed by atoms with Crippen LogP contribution in [0.1, 0.15) is 32.9 Å². The fraction of sp³-hybridized carbons (Fsp3) is 0.556. The second kappa shape index (κ2) is 4.64. The molecule has 4 nitrogen and oxygen atoms in total. The highest BCUT2D eigenvalue weighted by Crippen LogP contribution is 2.14. The van der Waals surface area contributed by atoms with Crippen molar-refractivity contribution in [3.63, 3.8) is 0 Å². The van der Waals surface area contributed by atoms with Crippen molar-refractivity contribution in [2.45, 2.75) is 32.9 Å². The quantitative estimate of drug-likeness (QED) is 0.666. The molecule has 72 valence electrons. The summed E-state index contributed by atoms with van der Waals surface area (Å²) in [6.07, 6.45) is 6.70. The van der Waals surface area contributed by atoms with Crippen molar-refractivity contribution in [1.82, 2.24) is 9.55 Å². The average Bonchev–Trinajstić information content (AvgIpc) is 2.54. The van der Waals surface area contributed by atoms with Crippen molar-refractivity contribution in [1.29, 1.82) is 0 Å². The van der Waals surface area contributed by atoms with Gasteiger partial charge in [0.15, 0.2) is 6.23 Å². The fourth-order valence-electron chi connectivity index (χ4n) is 1.15. The van der Waals surface area contributed by atoms with Crippen LogP contribution in [-0.2, 0) is 9.53 Å². The van der Waals surface area contributed by atoms with E-state index in [0.29, 0.717) is 0 Å². The third-order valence-electron chi connectivity index (χ3n) is 1.70. The van der Waals surface area contributed by atoms with Gasteiger partial charge in [0, 0.05) is 25.7 Å². The summed E-state index contributed by atoms with van der Waals surface area (Å²) in [5.74, 6) is -0.257. The Morgan fingerprint density at radius 1 is 1.69 bits per heavy atom. The van der Waals surface area contributed by atoms with E-state index in [9.17, 15) is 4.79 Å². The Morgan fingerprint density at radius 3 is 2.92 bits per heavy atom. The number of ether oxygens (including phenoxy) is 1. The van der Waals surface area contributed by atoms with Crippen LogP contribution in [0.5, 0.6) is 0 Å². The fourth-order valence-corrected chi connectivity index (χ4v) is 1.15. The van der Waals surface area contributed by atoms with E-state index in [0.717, 1.165) is 12.8 Å². The van der Waals surface area contributed by atoms with Crippen LogP contribution in [0.25, 0.3) is 0 Å². The minimum absolute atomic E-state index is 0.204. The SMILES string of the molecule is CCCC(OC(C)=O)n1ccnc1. The van der Waals surface area contributed by atoms with E-state index in [4.69, 9.17) is 4.74 Å². The highest BCUT2D eigenvalue weighted by atomic mass is 16.6. The molecule has 0 radical (unpaired) electrons. The first-order valence-corrected chi connectivity index (χ1v) is 4.38. The molecule has 1 aromatic rings. The van der Waals surface area contributed by atoms with Gasteiger partial charge in [-0.25, -0.2) is 4.98 Å². The predicted molar refractivity (Wildman–Crippen MR) is 47.9 cm³/mol. The third kappa shape index (κ3) is 2.89. The molecule has 0 aromatic carbocycles. The summed E-state index contributed by atoms with van der Waals surface area (Å²) >= 11 is 0. The van der Waals surface area contributed by atoms with E-state index in [2.05, 4.69) is 4.98 Å². The van der Waals surface area contributed by atoms with Gasteiger partial charge < -0.3 is 9.30 Å². The number of hydrogen-bond donors (Lipinski definition) is 0. The van der Waals surface area contributed by atoms with Crippen molar-refractivity contribution in [3.8, 4) is 0 Å². The van der Waals surface area contributed by atoms with Gasteiger partial charge in [-0.3, -0.25) is 4.79 Å². The van der Waals surface area contributed by atoms with Crippen molar-refractivity contribution < 1.29 is 9.53 Å². The molecule has 0 aliphatic carbocycles. The molecule has 0 N–H and O–H groups in total. The number of carbonyl (C=O) groups is 1. The highest BCUT2D eigenvalue weighted by Gasteiger charge is 2.11. The summed E-state index contributed by atoms with van der Waals surface area (Å²) in [6, 6.07) is 0. The minimum Gasteiger partial charge on any atom is -0.441 e. The van der Waals surface area contributed by atoms with E-state index in [-0.39, 0.29) is 12.2 Å². The van der Waals surface area contributed by atoms with Gasteiger partial charge in [0.25, 0.3) is 0 Å². The Bertz CT molecular complexity index is 257. The van der Waals surface area contributed by atoms with Gasteiger partial charge in [0.2, 0.25) is 0 Å². The zero-order valence-corrected chi connectivity index (χ0v) is 7.93. The van der Waals surface area contributed by atoms with Gasteiger partial charge in [-0.1, -0.05) is 13.3 Å². The molecule has 0 spiro atoms. The minimum atomic E-state index is -0.257. The Morgan fingerprint density at radius 2 is 2.46 bits per heavy atom. The molecule has 0 saturated carbocycles. The Balaban J connectivity index is 2.62. The van der Waals surface area contributed by atoms with Crippen molar-refractivity contribution in [3.05, 3.63) is 18.7 Å². The monoisotopic (exact) mass is 182 g/mol. The number of aromatic nitrogens is 2. The van der Waals surface area contributed by atoms with Gasteiger partial charge in [-0.15, -0.1) is 0 Å². The van der Waals surface area contributed by atoms with Gasteiger partial charge in [-0.2, -0.15) is 0 Å². The van der Waals surface area contributed by atoms with Crippen LogP contribution in [0.4, 0.5) is 0 Å². The number of imidazole rings is 1. The van der Waals surface area contributed by atoms with E-state index < -0.39 is 0 Å². The van der Waals surface area contributed by atoms with Crippen LogP contribution in [0, 0.1) is 0 Å². The number of carbonyl (C=O) groups excluding carboxylic acids is 1. The van der Waals surface area contributed by atoms with Crippen molar-refractivity contribution in [2.75, 3.05) is 0 Å². The van der Waals surface area contributed by atoms with Crippen molar-refractivity contribution >= 4 is 5.97 Å². The molecule has 0 saturated heterocycles. The Hall–Kier alpha value is -1.32. The molecule has 1 heterocycles. The molecule has 1 unspecified atom stereocenters. The molecular formula is C9H14N2O2. The summed E-state index contributed by atoms with van der Waals surface area (Å²) < 4.78 is 6.92. The molecule has 0 bridgehead atoms. The zero-order valence-electron chi connectivity index (χ0n) is 7.93. The summed E-state index contributed by atoms with van der Waals surface area (Å²) in [5, 5.41) is 0. The standard InChI is InChI=1S/C9H14N2O2/c1-3-4-9(13-8(2)12)11-6-5-10-7-11/h5-7,9H,3-4H2,1-2H3. The molecule has 4 heteroatoms. The van der Waals surface area contributed by atoms with Crippen LogP contribution in [0.15, 0.2) is 18.7 Å². The van der Waals surface area contributed by atoms with E-state index in [1.54, 1.807) is 23.3 Å². The molecular weight excluding hydrogens is 168 g/mol. The second-order valence-corrected chi connectivity index (χ2v) is 2.86. The topological polar surface area (TPSA) is 44.1 Å². The Labute approximate surface area is 77.5 Å². The lowest BCUT2D eigenvalue weighted by Crippen LogP contribution is -2.14. The van der Waals surface area contributed by atoms with Crippen LogP contribution >= 0.6 is 0 Å². The zero-order chi connectivity index (χ0) is 9.68. The molecule has 13 heavy (non-hydrogen) atoms. The summed E-state index contributed by atoms with van der Waals surface area (Å²) in [5.41, 5.74) is 0. The third-order valence-corrected chi connectivity index (χ3v) is 1.70. The first-order chi connectivity index (χ1) is 6.24. The van der Waals surface area contributed by atoms with E-state index in [1.165, 1.54) is 6.92 Å². The predicted octanol–water partition coefficient (Wildman–Crippen LogP) is 1.74. The molecule has 0 amide bonds. The summed E-state index contributed by atoms with van der Waals surface area (Å²) in [6.45, 7) is 3.47. The highest BCUT2D eigenvalue weighted by molar-refractivity contribution is 5.65. The van der Waals surface area contributed by atoms with Crippen LogP contribution in [-0.4, -0.2) is 15.5 Å². The maximum Gasteiger partial charge on any atom is 0.304 e. The van der Waals surface area contributed by atoms with Crippen LogP contribution in [0.3, 0.4) is 0 Å². The van der Waals surface area contributed by atoms with Crippen LogP contribution in [0.2, 0.25) is 0 Å². The van der Waals surface area contributed by atoms with Gasteiger partial charge in [0.05, 0.1) is 6.33 Å². The van der Waals surface area contributed by atoms with Gasteiger partial charge in [0.1, 0.15) is 0 Å². The van der Waals surface area contributed by atoms with E-state index in [1.807, 2.05) is 6.92 Å². The summed E-state index contributed by atoms with van der Waals surface area (Å²) in [7, 11) is 0. The lowest BCUT2D eigenvalue weighted by Gasteiger charge is -2.16. The van der Waals surface area contributed by atoms with Crippen LogP contribution < -0.4 is 0 Å². The molecule has 0 aliphatic heterocycles.